The van der Waals surface area contributed by atoms with Gasteiger partial charge >= 0.3 is 0 Å². The molecule has 1 N–H and O–H groups in total. The van der Waals surface area contributed by atoms with Crippen molar-refractivity contribution < 1.29 is 12.9 Å². The summed E-state index contributed by atoms with van der Waals surface area (Å²) in [6.45, 7) is 6.51. The van der Waals surface area contributed by atoms with Crippen LogP contribution in [0, 0.1) is 0 Å². The minimum Gasteiger partial charge on any atom is -0.338 e. The number of likely N-dealkylation sites (tertiary alicyclic amines) is 1. The van der Waals surface area contributed by atoms with Crippen molar-refractivity contribution in [3.05, 3.63) is 35.7 Å². The van der Waals surface area contributed by atoms with E-state index in [0.717, 1.165) is 31.5 Å². The van der Waals surface area contributed by atoms with Crippen LogP contribution in [0.1, 0.15) is 44.1 Å². The lowest BCUT2D eigenvalue weighted by molar-refractivity contribution is 0.177. The van der Waals surface area contributed by atoms with Gasteiger partial charge in [0, 0.05) is 24.7 Å². The maximum absolute atomic E-state index is 11.3. The molecule has 0 bridgehead atoms. The van der Waals surface area contributed by atoms with E-state index in [0.29, 0.717) is 24.2 Å². The predicted octanol–water partition coefficient (Wildman–Crippen LogP) is 2.37. The van der Waals surface area contributed by atoms with Crippen LogP contribution in [-0.4, -0.2) is 48.8 Å². The Bertz CT molecular complexity index is 822. The molecule has 142 valence electrons. The van der Waals surface area contributed by atoms with Crippen LogP contribution < -0.4 is 4.72 Å². The SMILES string of the molecule is CC(C)c1ccc(-c2noc(CN3CCC(NS(C)(=O)=O)CC3)n2)cc1. The number of benzene rings is 1. The molecule has 0 saturated carbocycles. The molecule has 1 fully saturated rings. The summed E-state index contributed by atoms with van der Waals surface area (Å²) in [4.78, 5) is 6.70. The highest BCUT2D eigenvalue weighted by atomic mass is 32.2. The van der Waals surface area contributed by atoms with E-state index in [1.807, 2.05) is 12.1 Å². The molecular formula is C18H26N4O3S. The Hall–Kier alpha value is -1.77. The Kier molecular flexibility index (Phi) is 5.74. The van der Waals surface area contributed by atoms with Gasteiger partial charge in [-0.25, -0.2) is 13.1 Å². The second-order valence-corrected chi connectivity index (χ2v) is 9.01. The van der Waals surface area contributed by atoms with E-state index >= 15 is 0 Å². The van der Waals surface area contributed by atoms with Gasteiger partial charge in [0.15, 0.2) is 0 Å². The molecule has 2 aromatic rings. The number of piperidine rings is 1. The molecule has 0 amide bonds. The fourth-order valence-corrected chi connectivity index (χ4v) is 4.00. The number of hydrogen-bond acceptors (Lipinski definition) is 6. The number of nitrogens with zero attached hydrogens (tertiary/aromatic N) is 3. The molecule has 3 rings (SSSR count). The van der Waals surface area contributed by atoms with Gasteiger partial charge in [-0.1, -0.05) is 43.3 Å². The molecule has 2 heterocycles. The van der Waals surface area contributed by atoms with Crippen molar-refractivity contribution in [2.45, 2.75) is 45.2 Å². The first kappa shape index (κ1) is 19.0. The van der Waals surface area contributed by atoms with Gasteiger partial charge in [0.25, 0.3) is 0 Å². The first-order valence-corrected chi connectivity index (χ1v) is 10.8. The lowest BCUT2D eigenvalue weighted by Crippen LogP contribution is -2.43. The smallest absolute Gasteiger partial charge is 0.241 e. The first-order valence-electron chi connectivity index (χ1n) is 8.93. The average Bonchev–Trinajstić information content (AvgIpc) is 3.04. The quantitative estimate of drug-likeness (QED) is 0.830. The highest BCUT2D eigenvalue weighted by molar-refractivity contribution is 7.88. The van der Waals surface area contributed by atoms with Crippen molar-refractivity contribution in [1.82, 2.24) is 19.8 Å². The van der Waals surface area contributed by atoms with Crippen molar-refractivity contribution in [3.63, 3.8) is 0 Å². The van der Waals surface area contributed by atoms with Crippen LogP contribution in [-0.2, 0) is 16.6 Å². The Morgan fingerprint density at radius 3 is 2.46 bits per heavy atom. The Morgan fingerprint density at radius 2 is 1.88 bits per heavy atom. The van der Waals surface area contributed by atoms with Crippen LogP contribution in [0.15, 0.2) is 28.8 Å². The van der Waals surface area contributed by atoms with Crippen molar-refractivity contribution in [1.29, 1.82) is 0 Å². The number of rotatable bonds is 6. The molecular weight excluding hydrogens is 352 g/mol. The zero-order chi connectivity index (χ0) is 18.7. The van der Waals surface area contributed by atoms with Crippen molar-refractivity contribution in [3.8, 4) is 11.4 Å². The molecule has 0 unspecified atom stereocenters. The average molecular weight is 378 g/mol. The fraction of sp³-hybridized carbons (Fsp3) is 0.556. The Morgan fingerprint density at radius 1 is 1.23 bits per heavy atom. The molecule has 7 nitrogen and oxygen atoms in total. The van der Waals surface area contributed by atoms with Gasteiger partial charge in [-0.15, -0.1) is 0 Å². The van der Waals surface area contributed by atoms with Crippen molar-refractivity contribution in [2.75, 3.05) is 19.3 Å². The van der Waals surface area contributed by atoms with Crippen LogP contribution in [0.25, 0.3) is 11.4 Å². The van der Waals surface area contributed by atoms with Gasteiger partial charge in [-0.05, 0) is 24.3 Å². The van der Waals surface area contributed by atoms with Gasteiger partial charge in [-0.2, -0.15) is 4.98 Å². The first-order chi connectivity index (χ1) is 12.3. The summed E-state index contributed by atoms with van der Waals surface area (Å²) >= 11 is 0. The molecule has 26 heavy (non-hydrogen) atoms. The fourth-order valence-electron chi connectivity index (χ4n) is 3.16. The minimum absolute atomic E-state index is 0.0129. The van der Waals surface area contributed by atoms with Crippen molar-refractivity contribution >= 4 is 10.0 Å². The molecule has 1 aliphatic rings. The molecule has 8 heteroatoms. The maximum atomic E-state index is 11.3. The zero-order valence-corrected chi connectivity index (χ0v) is 16.3. The summed E-state index contributed by atoms with van der Waals surface area (Å²) in [6.07, 6.45) is 2.77. The van der Waals surface area contributed by atoms with Gasteiger partial charge in [0.05, 0.1) is 12.8 Å². The van der Waals surface area contributed by atoms with Crippen LogP contribution >= 0.6 is 0 Å². The van der Waals surface area contributed by atoms with E-state index in [1.165, 1.54) is 11.8 Å². The second-order valence-electron chi connectivity index (χ2n) is 7.23. The predicted molar refractivity (Wildman–Crippen MR) is 100 cm³/mol. The highest BCUT2D eigenvalue weighted by Crippen LogP contribution is 2.21. The minimum atomic E-state index is -3.15. The summed E-state index contributed by atoms with van der Waals surface area (Å²) in [5, 5.41) is 4.09. The second kappa shape index (κ2) is 7.85. The van der Waals surface area contributed by atoms with Crippen LogP contribution in [0.5, 0.6) is 0 Å². The van der Waals surface area contributed by atoms with E-state index in [-0.39, 0.29) is 6.04 Å². The lowest BCUT2D eigenvalue weighted by Gasteiger charge is -2.30. The van der Waals surface area contributed by atoms with Crippen molar-refractivity contribution in [2.24, 2.45) is 0 Å². The normalized spacial score (nSPS) is 17.1. The molecule has 0 atom stereocenters. The van der Waals surface area contributed by atoms with Gasteiger partial charge in [0.2, 0.25) is 21.7 Å². The molecule has 1 aliphatic heterocycles. The van der Waals surface area contributed by atoms with Crippen LogP contribution in [0.3, 0.4) is 0 Å². The third-order valence-corrected chi connectivity index (χ3v) is 5.39. The Balaban J connectivity index is 1.56. The number of nitrogens with one attached hydrogen (secondary N) is 1. The third kappa shape index (κ3) is 5.12. The largest absolute Gasteiger partial charge is 0.338 e. The van der Waals surface area contributed by atoms with Gasteiger partial charge in [-0.3, -0.25) is 4.90 Å². The number of sulfonamides is 1. The number of hydrogen-bond donors (Lipinski definition) is 1. The van der Waals surface area contributed by atoms with Crippen LogP contribution in [0.4, 0.5) is 0 Å². The highest BCUT2D eigenvalue weighted by Gasteiger charge is 2.23. The summed E-state index contributed by atoms with van der Waals surface area (Å²) in [7, 11) is -3.15. The molecule has 0 aliphatic carbocycles. The molecule has 0 radical (unpaired) electrons. The zero-order valence-electron chi connectivity index (χ0n) is 15.5. The summed E-state index contributed by atoms with van der Waals surface area (Å²) in [6, 6.07) is 8.24. The van der Waals surface area contributed by atoms with E-state index in [4.69, 9.17) is 4.52 Å². The standard InChI is InChI=1S/C18H26N4O3S/c1-13(2)14-4-6-15(7-5-14)18-19-17(25-20-18)12-22-10-8-16(9-11-22)21-26(3,23)24/h4-7,13,16,21H,8-12H2,1-3H3. The monoisotopic (exact) mass is 378 g/mol. The summed E-state index contributed by atoms with van der Waals surface area (Å²) in [5.41, 5.74) is 2.23. The molecule has 1 aromatic heterocycles. The summed E-state index contributed by atoms with van der Waals surface area (Å²) < 4.78 is 30.7. The molecule has 0 spiro atoms. The van der Waals surface area contributed by atoms with E-state index < -0.39 is 10.0 Å². The Labute approximate surface area is 154 Å². The number of aromatic nitrogens is 2. The van der Waals surface area contributed by atoms with E-state index in [1.54, 1.807) is 0 Å². The van der Waals surface area contributed by atoms with Crippen LogP contribution in [0.2, 0.25) is 0 Å². The lowest BCUT2D eigenvalue weighted by atomic mass is 10.0. The molecule has 1 saturated heterocycles. The van der Waals surface area contributed by atoms with Gasteiger partial charge < -0.3 is 4.52 Å². The van der Waals surface area contributed by atoms with Gasteiger partial charge in [0.1, 0.15) is 0 Å². The summed E-state index contributed by atoms with van der Waals surface area (Å²) in [5.74, 6) is 1.68. The van der Waals surface area contributed by atoms with E-state index in [9.17, 15) is 8.42 Å². The maximum Gasteiger partial charge on any atom is 0.241 e. The third-order valence-electron chi connectivity index (χ3n) is 4.63. The topological polar surface area (TPSA) is 88.3 Å². The molecule has 1 aromatic carbocycles. The van der Waals surface area contributed by atoms with E-state index in [2.05, 4.69) is 45.7 Å².